The second-order valence-electron chi connectivity index (χ2n) is 8.78. The van der Waals surface area contributed by atoms with Crippen molar-refractivity contribution in [2.75, 3.05) is 46.2 Å². The summed E-state index contributed by atoms with van der Waals surface area (Å²) in [5.41, 5.74) is 2.41. The van der Waals surface area contributed by atoms with Gasteiger partial charge in [0, 0.05) is 31.7 Å². The summed E-state index contributed by atoms with van der Waals surface area (Å²) in [7, 11) is 7.83. The molecular formula is C26H29N3O4. The highest BCUT2D eigenvalue weighted by atomic mass is 16.3. The first-order valence-corrected chi connectivity index (χ1v) is 11.0. The number of amides is 1. The number of rotatable bonds is 8. The van der Waals surface area contributed by atoms with Gasteiger partial charge in [0.25, 0.3) is 5.91 Å². The van der Waals surface area contributed by atoms with Gasteiger partial charge in [0.15, 0.2) is 11.5 Å². The molecule has 7 heteroatoms. The number of anilines is 1. The van der Waals surface area contributed by atoms with Gasteiger partial charge in [-0.3, -0.25) is 9.59 Å². The van der Waals surface area contributed by atoms with Gasteiger partial charge in [-0.2, -0.15) is 0 Å². The second kappa shape index (κ2) is 9.11. The smallest absolute Gasteiger partial charge is 0.290 e. The van der Waals surface area contributed by atoms with Gasteiger partial charge < -0.3 is 24.2 Å². The normalized spacial score (nSPS) is 16.3. The number of carbonyl (C=O) groups excluding carboxylic acids is 2. The molecule has 0 bridgehead atoms. The van der Waals surface area contributed by atoms with E-state index in [2.05, 4.69) is 0 Å². The highest BCUT2D eigenvalue weighted by molar-refractivity contribution is 6.16. The fraction of sp³-hybridized carbons (Fsp3) is 0.308. The van der Waals surface area contributed by atoms with Gasteiger partial charge in [-0.15, -0.1) is 0 Å². The Morgan fingerprint density at radius 1 is 1.06 bits per heavy atom. The van der Waals surface area contributed by atoms with Crippen molar-refractivity contribution in [1.82, 2.24) is 9.80 Å². The van der Waals surface area contributed by atoms with Crippen LogP contribution in [0.25, 0.3) is 11.0 Å². The largest absolute Gasteiger partial charge is 0.503 e. The second-order valence-corrected chi connectivity index (χ2v) is 8.78. The minimum Gasteiger partial charge on any atom is -0.503 e. The van der Waals surface area contributed by atoms with E-state index in [-0.39, 0.29) is 11.3 Å². The Morgan fingerprint density at radius 2 is 1.76 bits per heavy atom. The lowest BCUT2D eigenvalue weighted by atomic mass is 9.94. The predicted octanol–water partition coefficient (Wildman–Crippen LogP) is 4.03. The van der Waals surface area contributed by atoms with Crippen molar-refractivity contribution in [3.8, 4) is 0 Å². The molecule has 2 aromatic carbocycles. The third-order valence-corrected chi connectivity index (χ3v) is 5.93. The molecule has 1 aromatic heterocycles. The van der Waals surface area contributed by atoms with E-state index in [0.717, 1.165) is 23.2 Å². The van der Waals surface area contributed by atoms with Crippen LogP contribution in [0.4, 0.5) is 5.69 Å². The van der Waals surface area contributed by atoms with Gasteiger partial charge in [-0.1, -0.05) is 30.3 Å². The van der Waals surface area contributed by atoms with Crippen molar-refractivity contribution in [1.29, 1.82) is 0 Å². The molecule has 1 aliphatic heterocycles. The minimum atomic E-state index is -0.684. The van der Waals surface area contributed by atoms with Crippen LogP contribution in [-0.4, -0.2) is 67.9 Å². The van der Waals surface area contributed by atoms with E-state index in [9.17, 15) is 14.7 Å². The standard InChI is InChI=1S/C26H29N3O4/c1-27(2)14-7-15-29-23(17-10-12-19(13-11-17)28(3)4)22(25(31)26(29)32)24(30)21-16-18-8-5-6-9-20(18)33-21/h5-6,8-13,16,23,31H,7,14-15H2,1-4H3/t23-/m0/s1. The number of carbonyl (C=O) groups is 2. The van der Waals surface area contributed by atoms with Gasteiger partial charge in [0.1, 0.15) is 5.58 Å². The van der Waals surface area contributed by atoms with Crippen LogP contribution >= 0.6 is 0 Å². The SMILES string of the molecule is CN(C)CCCN1C(=O)C(O)=C(C(=O)c2cc3ccccc3o2)[C@@H]1c1ccc(N(C)C)cc1. The van der Waals surface area contributed by atoms with E-state index in [0.29, 0.717) is 18.5 Å². The van der Waals surface area contributed by atoms with Crippen molar-refractivity contribution < 1.29 is 19.1 Å². The maximum Gasteiger partial charge on any atom is 0.290 e. The summed E-state index contributed by atoms with van der Waals surface area (Å²) < 4.78 is 5.77. The van der Waals surface area contributed by atoms with E-state index >= 15 is 0 Å². The number of hydrogen-bond acceptors (Lipinski definition) is 6. The quantitative estimate of drug-likeness (QED) is 0.526. The van der Waals surface area contributed by atoms with Gasteiger partial charge >= 0.3 is 0 Å². The van der Waals surface area contributed by atoms with Crippen LogP contribution in [-0.2, 0) is 4.79 Å². The maximum absolute atomic E-state index is 13.6. The first-order chi connectivity index (χ1) is 15.8. The molecule has 1 N–H and O–H groups in total. The molecule has 7 nitrogen and oxygen atoms in total. The van der Waals surface area contributed by atoms with E-state index < -0.39 is 23.5 Å². The fourth-order valence-electron chi connectivity index (χ4n) is 4.20. The van der Waals surface area contributed by atoms with Crippen LogP contribution in [0.2, 0.25) is 0 Å². The summed E-state index contributed by atoms with van der Waals surface area (Å²) in [5.74, 6) is -1.41. The van der Waals surface area contributed by atoms with Gasteiger partial charge in [-0.05, 0) is 56.9 Å². The Morgan fingerprint density at radius 3 is 2.39 bits per heavy atom. The molecule has 172 valence electrons. The van der Waals surface area contributed by atoms with E-state index in [1.165, 1.54) is 0 Å². The molecule has 0 radical (unpaired) electrons. The van der Waals surface area contributed by atoms with Crippen LogP contribution in [0.1, 0.15) is 28.6 Å². The van der Waals surface area contributed by atoms with E-state index in [1.807, 2.05) is 80.5 Å². The van der Waals surface area contributed by atoms with Gasteiger partial charge in [0.05, 0.1) is 11.6 Å². The van der Waals surface area contributed by atoms with E-state index in [4.69, 9.17) is 4.42 Å². The maximum atomic E-state index is 13.6. The molecule has 2 heterocycles. The monoisotopic (exact) mass is 447 g/mol. The topological polar surface area (TPSA) is 77.2 Å². The predicted molar refractivity (Wildman–Crippen MR) is 129 cm³/mol. The minimum absolute atomic E-state index is 0.0570. The fourth-order valence-corrected chi connectivity index (χ4v) is 4.20. The van der Waals surface area contributed by atoms with E-state index in [1.54, 1.807) is 17.0 Å². The number of fused-ring (bicyclic) bond motifs is 1. The molecule has 0 aliphatic carbocycles. The molecule has 0 unspecified atom stereocenters. The van der Waals surface area contributed by atoms with Crippen molar-refractivity contribution in [3.05, 3.63) is 77.3 Å². The highest BCUT2D eigenvalue weighted by Crippen LogP contribution is 2.40. The lowest BCUT2D eigenvalue weighted by Crippen LogP contribution is -2.33. The molecule has 33 heavy (non-hydrogen) atoms. The zero-order valence-electron chi connectivity index (χ0n) is 19.4. The Labute approximate surface area is 193 Å². The molecule has 1 amide bonds. The van der Waals surface area contributed by atoms with Crippen molar-refractivity contribution in [3.63, 3.8) is 0 Å². The summed E-state index contributed by atoms with van der Waals surface area (Å²) in [4.78, 5) is 32.2. The number of ketones is 1. The summed E-state index contributed by atoms with van der Waals surface area (Å²) in [6, 6.07) is 16.0. The Hall–Kier alpha value is -3.58. The number of Topliss-reactive ketones (excluding diaryl/α,β-unsaturated/α-hetero) is 1. The van der Waals surface area contributed by atoms with Crippen LogP contribution in [0.3, 0.4) is 0 Å². The molecule has 0 saturated carbocycles. The molecule has 0 spiro atoms. The van der Waals surface area contributed by atoms with Crippen LogP contribution < -0.4 is 4.90 Å². The summed E-state index contributed by atoms with van der Waals surface area (Å²) in [6.07, 6.45) is 0.713. The number of hydrogen-bond donors (Lipinski definition) is 1. The zero-order valence-corrected chi connectivity index (χ0v) is 19.4. The molecule has 1 atom stereocenters. The third-order valence-electron chi connectivity index (χ3n) is 5.93. The molecule has 0 fully saturated rings. The Bertz CT molecular complexity index is 1170. The lowest BCUT2D eigenvalue weighted by Gasteiger charge is -2.27. The van der Waals surface area contributed by atoms with Gasteiger partial charge in [0.2, 0.25) is 5.78 Å². The average molecular weight is 448 g/mol. The number of para-hydroxylation sites is 1. The molecule has 0 saturated heterocycles. The number of furan rings is 1. The average Bonchev–Trinajstić information content (AvgIpc) is 3.33. The number of benzene rings is 2. The van der Waals surface area contributed by atoms with Crippen molar-refractivity contribution in [2.24, 2.45) is 0 Å². The molecule has 3 aromatic rings. The highest BCUT2D eigenvalue weighted by Gasteiger charge is 2.44. The van der Waals surface area contributed by atoms with Gasteiger partial charge in [-0.25, -0.2) is 0 Å². The third kappa shape index (κ3) is 4.36. The first kappa shape index (κ1) is 22.6. The molecular weight excluding hydrogens is 418 g/mol. The van der Waals surface area contributed by atoms with Crippen molar-refractivity contribution >= 4 is 28.3 Å². The number of aliphatic hydroxyl groups is 1. The van der Waals surface area contributed by atoms with Crippen LogP contribution in [0, 0.1) is 0 Å². The summed E-state index contributed by atoms with van der Waals surface area (Å²) in [5, 5.41) is 11.6. The zero-order chi connectivity index (χ0) is 23.7. The summed E-state index contributed by atoms with van der Waals surface area (Å²) >= 11 is 0. The molecule has 4 rings (SSSR count). The Kier molecular flexibility index (Phi) is 6.24. The molecule has 1 aliphatic rings. The van der Waals surface area contributed by atoms with Crippen LogP contribution in [0.15, 0.2) is 70.3 Å². The number of nitrogens with zero attached hydrogens (tertiary/aromatic N) is 3. The Balaban J connectivity index is 1.74. The first-order valence-electron chi connectivity index (χ1n) is 11.0. The van der Waals surface area contributed by atoms with Crippen LogP contribution in [0.5, 0.6) is 0 Å². The number of aliphatic hydroxyl groups excluding tert-OH is 1. The lowest BCUT2D eigenvalue weighted by molar-refractivity contribution is -0.129. The summed E-state index contributed by atoms with van der Waals surface area (Å²) in [6.45, 7) is 1.20. The van der Waals surface area contributed by atoms with Crippen molar-refractivity contribution in [2.45, 2.75) is 12.5 Å².